The largest absolute Gasteiger partial charge is 0.496 e. The lowest BCUT2D eigenvalue weighted by atomic mass is 10.1. The Bertz CT molecular complexity index is 1040. The average Bonchev–Trinajstić information content (AvgIpc) is 3.24. The van der Waals surface area contributed by atoms with E-state index in [2.05, 4.69) is 20.5 Å². The Morgan fingerprint density at radius 1 is 0.929 bits per heavy atom. The molecule has 0 saturated carbocycles. The van der Waals surface area contributed by atoms with E-state index in [1.807, 2.05) is 79.0 Å². The summed E-state index contributed by atoms with van der Waals surface area (Å²) in [5.41, 5.74) is 6.63. The number of nitrogens with zero attached hydrogens (tertiary/aromatic N) is 3. The van der Waals surface area contributed by atoms with Gasteiger partial charge >= 0.3 is 0 Å². The van der Waals surface area contributed by atoms with Crippen LogP contribution >= 0.6 is 11.3 Å². The van der Waals surface area contributed by atoms with Crippen molar-refractivity contribution in [1.29, 1.82) is 0 Å². The van der Waals surface area contributed by atoms with Gasteiger partial charge in [-0.3, -0.25) is 10.4 Å². The summed E-state index contributed by atoms with van der Waals surface area (Å²) in [6, 6.07) is 23.6. The van der Waals surface area contributed by atoms with Crippen molar-refractivity contribution in [2.45, 2.75) is 0 Å². The summed E-state index contributed by atoms with van der Waals surface area (Å²) in [6.45, 7) is 0. The number of nitrogens with one attached hydrogen (secondary N) is 1. The lowest BCUT2D eigenvalue weighted by Gasteiger charge is -2.06. The summed E-state index contributed by atoms with van der Waals surface area (Å²) >= 11 is 1.52. The minimum Gasteiger partial charge on any atom is -0.496 e. The molecule has 28 heavy (non-hydrogen) atoms. The van der Waals surface area contributed by atoms with Crippen molar-refractivity contribution in [3.05, 3.63) is 96.4 Å². The van der Waals surface area contributed by atoms with Crippen molar-refractivity contribution >= 4 is 22.2 Å². The van der Waals surface area contributed by atoms with Crippen molar-refractivity contribution in [3.63, 3.8) is 0 Å². The van der Waals surface area contributed by atoms with E-state index in [0.717, 1.165) is 33.2 Å². The highest BCUT2D eigenvalue weighted by Gasteiger charge is 2.11. The van der Waals surface area contributed by atoms with Crippen molar-refractivity contribution in [2.24, 2.45) is 5.10 Å². The number of thiazole rings is 1. The number of para-hydroxylation sites is 1. The maximum absolute atomic E-state index is 5.45. The van der Waals surface area contributed by atoms with E-state index < -0.39 is 0 Å². The SMILES string of the molecule is COc1ccccc1-c1cnc(NN=C(c2ccccc2)c2ccccn2)s1. The molecule has 0 aliphatic carbocycles. The van der Waals surface area contributed by atoms with Crippen LogP contribution in [0.1, 0.15) is 11.3 Å². The lowest BCUT2D eigenvalue weighted by molar-refractivity contribution is 0.416. The zero-order valence-corrected chi connectivity index (χ0v) is 16.1. The quantitative estimate of drug-likeness (QED) is 0.371. The predicted octanol–water partition coefficient (Wildman–Crippen LogP) is 5.08. The maximum Gasteiger partial charge on any atom is 0.203 e. The average molecular weight is 386 g/mol. The van der Waals surface area contributed by atoms with Crippen LogP contribution in [0.5, 0.6) is 5.75 Å². The minimum atomic E-state index is 0.699. The van der Waals surface area contributed by atoms with Crippen LogP contribution in [0.15, 0.2) is 90.3 Å². The predicted molar refractivity (Wildman–Crippen MR) is 114 cm³/mol. The number of ether oxygens (including phenoxy) is 1. The summed E-state index contributed by atoms with van der Waals surface area (Å²) < 4.78 is 5.45. The molecule has 0 radical (unpaired) electrons. The molecule has 0 unspecified atom stereocenters. The highest BCUT2D eigenvalue weighted by atomic mass is 32.1. The molecule has 0 saturated heterocycles. The molecule has 0 fully saturated rings. The van der Waals surface area contributed by atoms with Crippen LogP contribution in [0, 0.1) is 0 Å². The van der Waals surface area contributed by atoms with Gasteiger partial charge in [0.2, 0.25) is 5.13 Å². The van der Waals surface area contributed by atoms with Crippen LogP contribution in [0.2, 0.25) is 0 Å². The van der Waals surface area contributed by atoms with Gasteiger partial charge in [0.05, 0.1) is 17.7 Å². The Balaban J connectivity index is 1.64. The molecule has 1 N–H and O–H groups in total. The molecule has 2 aromatic carbocycles. The number of rotatable bonds is 6. The van der Waals surface area contributed by atoms with Gasteiger partial charge in [-0.1, -0.05) is 59.9 Å². The summed E-state index contributed by atoms with van der Waals surface area (Å²) in [7, 11) is 1.67. The van der Waals surface area contributed by atoms with E-state index >= 15 is 0 Å². The minimum absolute atomic E-state index is 0.699. The van der Waals surface area contributed by atoms with Gasteiger partial charge in [0, 0.05) is 23.5 Å². The number of hydrazone groups is 1. The molecule has 4 aromatic rings. The van der Waals surface area contributed by atoms with Crippen LogP contribution in [-0.2, 0) is 0 Å². The van der Waals surface area contributed by atoms with Gasteiger partial charge in [-0.25, -0.2) is 4.98 Å². The zero-order chi connectivity index (χ0) is 19.2. The van der Waals surface area contributed by atoms with Crippen molar-refractivity contribution in [1.82, 2.24) is 9.97 Å². The van der Waals surface area contributed by atoms with Gasteiger partial charge in [0.25, 0.3) is 0 Å². The molecule has 6 heteroatoms. The fourth-order valence-electron chi connectivity index (χ4n) is 2.77. The first-order valence-electron chi connectivity index (χ1n) is 8.75. The van der Waals surface area contributed by atoms with E-state index in [-0.39, 0.29) is 0 Å². The molecule has 0 amide bonds. The Hall–Kier alpha value is -3.51. The van der Waals surface area contributed by atoms with E-state index in [1.54, 1.807) is 13.3 Å². The Morgan fingerprint density at radius 3 is 2.50 bits per heavy atom. The highest BCUT2D eigenvalue weighted by Crippen LogP contribution is 2.35. The molecule has 2 aromatic heterocycles. The first-order valence-corrected chi connectivity index (χ1v) is 9.56. The van der Waals surface area contributed by atoms with Crippen molar-refractivity contribution < 1.29 is 4.74 Å². The van der Waals surface area contributed by atoms with Gasteiger partial charge in [-0.2, -0.15) is 5.10 Å². The number of hydrogen-bond acceptors (Lipinski definition) is 6. The van der Waals surface area contributed by atoms with Crippen LogP contribution in [0.25, 0.3) is 10.4 Å². The van der Waals surface area contributed by atoms with Crippen LogP contribution in [-0.4, -0.2) is 22.8 Å². The third kappa shape index (κ3) is 3.92. The lowest BCUT2D eigenvalue weighted by Crippen LogP contribution is -2.08. The van der Waals surface area contributed by atoms with E-state index in [1.165, 1.54) is 11.3 Å². The van der Waals surface area contributed by atoms with E-state index in [9.17, 15) is 0 Å². The number of methoxy groups -OCH3 is 1. The molecule has 4 rings (SSSR count). The molecular weight excluding hydrogens is 368 g/mol. The normalized spacial score (nSPS) is 11.2. The van der Waals surface area contributed by atoms with E-state index in [0.29, 0.717) is 5.13 Å². The molecule has 138 valence electrons. The standard InChI is InChI=1S/C22H18N4OS/c1-27-19-13-6-5-11-17(19)20-15-24-22(28-20)26-25-21(16-9-3-2-4-10-16)18-12-7-8-14-23-18/h2-15H,1H3,(H,24,26). The first kappa shape index (κ1) is 17.9. The summed E-state index contributed by atoms with van der Waals surface area (Å²) in [5, 5.41) is 5.30. The molecule has 5 nitrogen and oxygen atoms in total. The van der Waals surface area contributed by atoms with Gasteiger partial charge in [-0.05, 0) is 24.3 Å². The summed E-state index contributed by atoms with van der Waals surface area (Å²) in [4.78, 5) is 9.90. The molecule has 0 spiro atoms. The second-order valence-electron chi connectivity index (χ2n) is 5.88. The molecule has 0 bridgehead atoms. The fourth-order valence-corrected chi connectivity index (χ4v) is 3.56. The summed E-state index contributed by atoms with van der Waals surface area (Å²) in [5.74, 6) is 0.819. The Morgan fingerprint density at radius 2 is 1.71 bits per heavy atom. The first-order chi connectivity index (χ1) is 13.8. The van der Waals surface area contributed by atoms with Crippen LogP contribution in [0.4, 0.5) is 5.13 Å². The zero-order valence-electron chi connectivity index (χ0n) is 15.2. The smallest absolute Gasteiger partial charge is 0.203 e. The van der Waals surface area contributed by atoms with Crippen molar-refractivity contribution in [3.8, 4) is 16.2 Å². The maximum atomic E-state index is 5.45. The second-order valence-corrected chi connectivity index (χ2v) is 6.91. The number of aromatic nitrogens is 2. The van der Waals surface area contributed by atoms with E-state index in [4.69, 9.17) is 4.74 Å². The Labute approximate surface area is 167 Å². The number of anilines is 1. The number of pyridine rings is 1. The van der Waals surface area contributed by atoms with Gasteiger partial charge in [-0.15, -0.1) is 0 Å². The van der Waals surface area contributed by atoms with Gasteiger partial charge in [0.1, 0.15) is 11.5 Å². The third-order valence-electron chi connectivity index (χ3n) is 4.10. The monoisotopic (exact) mass is 386 g/mol. The molecule has 0 aliphatic rings. The van der Waals surface area contributed by atoms with Crippen LogP contribution < -0.4 is 10.2 Å². The number of hydrogen-bond donors (Lipinski definition) is 1. The topological polar surface area (TPSA) is 59.4 Å². The van der Waals surface area contributed by atoms with Gasteiger partial charge < -0.3 is 4.74 Å². The van der Waals surface area contributed by atoms with Crippen LogP contribution in [0.3, 0.4) is 0 Å². The van der Waals surface area contributed by atoms with Crippen molar-refractivity contribution in [2.75, 3.05) is 12.5 Å². The second kappa shape index (κ2) is 8.45. The third-order valence-corrected chi connectivity index (χ3v) is 5.03. The number of benzene rings is 2. The fraction of sp³-hybridized carbons (Fsp3) is 0.0455. The summed E-state index contributed by atoms with van der Waals surface area (Å²) in [6.07, 6.45) is 3.58. The van der Waals surface area contributed by atoms with Gasteiger partial charge in [0.15, 0.2) is 0 Å². The molecular formula is C22H18N4OS. The molecule has 0 atom stereocenters. The Kier molecular flexibility index (Phi) is 5.40. The molecule has 0 aliphatic heterocycles. The highest BCUT2D eigenvalue weighted by molar-refractivity contribution is 7.18. The molecule has 2 heterocycles.